The van der Waals surface area contributed by atoms with E-state index in [4.69, 9.17) is 10.8 Å². The number of pyridine rings is 2. The van der Waals surface area contributed by atoms with Crippen LogP contribution in [0.2, 0.25) is 0 Å². The predicted molar refractivity (Wildman–Crippen MR) is 68.4 cm³/mol. The summed E-state index contributed by atoms with van der Waals surface area (Å²) < 4.78 is 0. The molecule has 3 N–H and O–H groups in total. The van der Waals surface area contributed by atoms with E-state index in [-0.39, 0.29) is 5.56 Å². The van der Waals surface area contributed by atoms with Gasteiger partial charge in [-0.3, -0.25) is 9.97 Å². The summed E-state index contributed by atoms with van der Waals surface area (Å²) >= 11 is 0. The first-order valence-electron chi connectivity index (χ1n) is 5.33. The van der Waals surface area contributed by atoms with E-state index in [2.05, 4.69) is 9.97 Å². The summed E-state index contributed by atoms with van der Waals surface area (Å²) in [5, 5.41) is 10.6. The first-order chi connectivity index (χ1) is 8.66. The van der Waals surface area contributed by atoms with E-state index >= 15 is 0 Å². The minimum absolute atomic E-state index is 0.205. The maximum Gasteiger partial charge on any atom is 0.335 e. The third kappa shape index (κ3) is 1.45. The second kappa shape index (κ2) is 3.66. The van der Waals surface area contributed by atoms with Gasteiger partial charge in [0.15, 0.2) is 0 Å². The SMILES string of the molecule is Nc1ccnc2cnc3cc(C(=O)O)ccc3c12. The fourth-order valence-corrected chi connectivity index (χ4v) is 2.00. The molecular formula is C13H9N3O2. The number of nitrogens with zero attached hydrogens (tertiary/aromatic N) is 2. The number of carboxylic acid groups (broad SMARTS) is 1. The molecule has 0 saturated carbocycles. The highest BCUT2D eigenvalue weighted by atomic mass is 16.4. The second-order valence-electron chi connectivity index (χ2n) is 3.96. The van der Waals surface area contributed by atoms with E-state index < -0.39 is 5.97 Å². The van der Waals surface area contributed by atoms with Crippen molar-refractivity contribution < 1.29 is 9.90 Å². The van der Waals surface area contributed by atoms with Crippen molar-refractivity contribution in [2.45, 2.75) is 0 Å². The van der Waals surface area contributed by atoms with Gasteiger partial charge in [0.05, 0.1) is 22.8 Å². The highest BCUT2D eigenvalue weighted by Crippen LogP contribution is 2.27. The lowest BCUT2D eigenvalue weighted by Gasteiger charge is -2.05. The van der Waals surface area contributed by atoms with Crippen LogP contribution in [0.15, 0.2) is 36.7 Å². The van der Waals surface area contributed by atoms with Crippen LogP contribution in [0, 0.1) is 0 Å². The zero-order valence-electron chi connectivity index (χ0n) is 9.29. The van der Waals surface area contributed by atoms with E-state index in [0.29, 0.717) is 16.7 Å². The Morgan fingerprint density at radius 1 is 1.17 bits per heavy atom. The number of hydrogen-bond donors (Lipinski definition) is 2. The van der Waals surface area contributed by atoms with Crippen molar-refractivity contribution in [3.8, 4) is 0 Å². The monoisotopic (exact) mass is 239 g/mol. The summed E-state index contributed by atoms with van der Waals surface area (Å²) in [6.45, 7) is 0. The van der Waals surface area contributed by atoms with Crippen molar-refractivity contribution >= 4 is 33.5 Å². The van der Waals surface area contributed by atoms with Crippen LogP contribution in [-0.2, 0) is 0 Å². The molecule has 0 radical (unpaired) electrons. The van der Waals surface area contributed by atoms with Gasteiger partial charge >= 0.3 is 5.97 Å². The summed E-state index contributed by atoms with van der Waals surface area (Å²) in [6.07, 6.45) is 3.22. The molecule has 3 rings (SSSR count). The van der Waals surface area contributed by atoms with Gasteiger partial charge in [0, 0.05) is 22.7 Å². The van der Waals surface area contributed by atoms with Crippen LogP contribution in [0.4, 0.5) is 5.69 Å². The van der Waals surface area contributed by atoms with Crippen LogP contribution in [0.3, 0.4) is 0 Å². The highest BCUT2D eigenvalue weighted by molar-refractivity contribution is 6.10. The van der Waals surface area contributed by atoms with Crippen LogP contribution >= 0.6 is 0 Å². The van der Waals surface area contributed by atoms with E-state index in [1.54, 1.807) is 24.5 Å². The maximum absolute atomic E-state index is 10.9. The molecule has 0 aliphatic carbocycles. The third-order valence-electron chi connectivity index (χ3n) is 2.85. The molecule has 5 heteroatoms. The van der Waals surface area contributed by atoms with Gasteiger partial charge in [-0.15, -0.1) is 0 Å². The number of rotatable bonds is 1. The number of carbonyl (C=O) groups is 1. The van der Waals surface area contributed by atoms with E-state index in [9.17, 15) is 4.79 Å². The topological polar surface area (TPSA) is 89.1 Å². The molecule has 88 valence electrons. The molecule has 0 spiro atoms. The average molecular weight is 239 g/mol. The van der Waals surface area contributed by atoms with Crippen LogP contribution in [0.1, 0.15) is 10.4 Å². The quantitative estimate of drug-likeness (QED) is 0.634. The van der Waals surface area contributed by atoms with Crippen LogP contribution in [0.25, 0.3) is 21.8 Å². The van der Waals surface area contributed by atoms with Crippen LogP contribution in [-0.4, -0.2) is 21.0 Å². The molecular weight excluding hydrogens is 230 g/mol. The molecule has 3 aromatic rings. The first kappa shape index (κ1) is 10.5. The Balaban J connectivity index is 2.45. The summed E-state index contributed by atoms with van der Waals surface area (Å²) in [6, 6.07) is 6.50. The lowest BCUT2D eigenvalue weighted by molar-refractivity contribution is 0.0697. The largest absolute Gasteiger partial charge is 0.478 e. The van der Waals surface area contributed by atoms with Gasteiger partial charge in [0.2, 0.25) is 0 Å². The molecule has 1 aromatic carbocycles. The number of nitrogens with two attached hydrogens (primary N) is 1. The third-order valence-corrected chi connectivity index (χ3v) is 2.85. The van der Waals surface area contributed by atoms with Gasteiger partial charge < -0.3 is 10.8 Å². The second-order valence-corrected chi connectivity index (χ2v) is 3.96. The molecule has 0 saturated heterocycles. The molecule has 18 heavy (non-hydrogen) atoms. The molecule has 0 unspecified atom stereocenters. The number of benzene rings is 1. The average Bonchev–Trinajstić information content (AvgIpc) is 2.37. The number of anilines is 1. The minimum atomic E-state index is -0.974. The molecule has 5 nitrogen and oxygen atoms in total. The molecule has 2 aromatic heterocycles. The normalized spacial score (nSPS) is 10.9. The van der Waals surface area contributed by atoms with Gasteiger partial charge in [-0.2, -0.15) is 0 Å². The van der Waals surface area contributed by atoms with E-state index in [0.717, 1.165) is 10.8 Å². The molecule has 0 aliphatic heterocycles. The van der Waals surface area contributed by atoms with E-state index in [1.165, 1.54) is 12.1 Å². The smallest absolute Gasteiger partial charge is 0.335 e. The van der Waals surface area contributed by atoms with Gasteiger partial charge in [0.25, 0.3) is 0 Å². The van der Waals surface area contributed by atoms with Gasteiger partial charge in [-0.05, 0) is 18.2 Å². The summed E-state index contributed by atoms with van der Waals surface area (Å²) in [5.74, 6) is -0.974. The number of aromatic carboxylic acids is 1. The molecule has 0 amide bonds. The Bertz CT molecular complexity index is 784. The zero-order valence-corrected chi connectivity index (χ0v) is 9.29. The van der Waals surface area contributed by atoms with Gasteiger partial charge in [-0.1, -0.05) is 6.07 Å². The first-order valence-corrected chi connectivity index (χ1v) is 5.33. The Morgan fingerprint density at radius 3 is 2.78 bits per heavy atom. The number of carboxylic acids is 1. The van der Waals surface area contributed by atoms with Gasteiger partial charge in [0.1, 0.15) is 0 Å². The lowest BCUT2D eigenvalue weighted by Crippen LogP contribution is -1.97. The molecule has 0 atom stereocenters. The Morgan fingerprint density at radius 2 is 2.00 bits per heavy atom. The lowest BCUT2D eigenvalue weighted by atomic mass is 10.1. The van der Waals surface area contributed by atoms with Crippen molar-refractivity contribution in [3.05, 3.63) is 42.2 Å². The Hall–Kier alpha value is -2.69. The van der Waals surface area contributed by atoms with Crippen molar-refractivity contribution in [1.29, 1.82) is 0 Å². The maximum atomic E-state index is 10.9. The number of aromatic nitrogens is 2. The predicted octanol–water partition coefficient (Wildman–Crippen LogP) is 2.06. The van der Waals surface area contributed by atoms with Crippen molar-refractivity contribution in [2.75, 3.05) is 5.73 Å². The number of nitrogen functional groups attached to an aromatic ring is 1. The van der Waals surface area contributed by atoms with Crippen molar-refractivity contribution in [1.82, 2.24) is 9.97 Å². The van der Waals surface area contributed by atoms with Crippen molar-refractivity contribution in [3.63, 3.8) is 0 Å². The van der Waals surface area contributed by atoms with Crippen LogP contribution < -0.4 is 5.73 Å². The minimum Gasteiger partial charge on any atom is -0.478 e. The Kier molecular flexibility index (Phi) is 2.13. The Labute approximate surface area is 102 Å². The highest BCUT2D eigenvalue weighted by Gasteiger charge is 2.09. The number of fused-ring (bicyclic) bond motifs is 3. The van der Waals surface area contributed by atoms with Crippen molar-refractivity contribution in [2.24, 2.45) is 0 Å². The van der Waals surface area contributed by atoms with Gasteiger partial charge in [-0.25, -0.2) is 4.79 Å². The summed E-state index contributed by atoms with van der Waals surface area (Å²) in [4.78, 5) is 19.3. The number of hydrogen-bond acceptors (Lipinski definition) is 4. The fraction of sp³-hybridized carbons (Fsp3) is 0. The molecule has 0 aliphatic rings. The van der Waals surface area contributed by atoms with E-state index in [1.807, 2.05) is 0 Å². The molecule has 2 heterocycles. The zero-order chi connectivity index (χ0) is 12.7. The van der Waals surface area contributed by atoms with Crippen LogP contribution in [0.5, 0.6) is 0 Å². The molecule has 0 fully saturated rings. The molecule has 0 bridgehead atoms. The summed E-state index contributed by atoms with van der Waals surface area (Å²) in [5.41, 5.74) is 8.05. The fourth-order valence-electron chi connectivity index (χ4n) is 2.00. The standard InChI is InChI=1S/C13H9N3O2/c14-9-3-4-15-11-6-16-10-5-7(13(17)18)1-2-8(10)12(9)11/h1-6H,(H2,14,15)(H,17,18). The summed E-state index contributed by atoms with van der Waals surface area (Å²) in [7, 11) is 0.